The van der Waals surface area contributed by atoms with E-state index in [1.807, 2.05) is 24.3 Å². The molecule has 3 aromatic rings. The van der Waals surface area contributed by atoms with Crippen LogP contribution < -0.4 is 15.4 Å². The van der Waals surface area contributed by atoms with Gasteiger partial charge < -0.3 is 15.4 Å². The Hall–Kier alpha value is -3.68. The molecule has 2 aromatic carbocycles. The van der Waals surface area contributed by atoms with Crippen LogP contribution in [0.5, 0.6) is 5.75 Å². The Labute approximate surface area is 156 Å². The fourth-order valence-electron chi connectivity index (χ4n) is 2.54. The van der Waals surface area contributed by atoms with Gasteiger partial charge in [-0.1, -0.05) is 5.21 Å². The van der Waals surface area contributed by atoms with Crippen molar-refractivity contribution in [2.24, 2.45) is 0 Å². The van der Waals surface area contributed by atoms with Gasteiger partial charge in [-0.3, -0.25) is 9.59 Å². The molecule has 2 N–H and O–H groups in total. The Morgan fingerprint density at radius 2 is 1.56 bits per heavy atom. The third-order valence-corrected chi connectivity index (χ3v) is 3.89. The Morgan fingerprint density at radius 1 is 0.963 bits per heavy atom. The van der Waals surface area contributed by atoms with Crippen LogP contribution in [0.2, 0.25) is 0 Å². The van der Waals surface area contributed by atoms with Crippen molar-refractivity contribution in [2.45, 2.75) is 13.8 Å². The molecule has 0 atom stereocenters. The molecule has 8 nitrogen and oxygen atoms in total. The van der Waals surface area contributed by atoms with E-state index in [1.54, 1.807) is 43.0 Å². The molecule has 2 amide bonds. The van der Waals surface area contributed by atoms with Gasteiger partial charge in [0, 0.05) is 18.3 Å². The smallest absolute Gasteiger partial charge is 0.278 e. The topological polar surface area (TPSA) is 98.1 Å². The van der Waals surface area contributed by atoms with E-state index in [1.165, 1.54) is 6.92 Å². The van der Waals surface area contributed by atoms with Crippen molar-refractivity contribution in [3.8, 4) is 11.4 Å². The molecular formula is C19H19N5O3. The van der Waals surface area contributed by atoms with E-state index in [4.69, 9.17) is 4.74 Å². The molecule has 138 valence electrons. The number of nitrogens with one attached hydrogen (secondary N) is 2. The maximum atomic E-state index is 12.5. The summed E-state index contributed by atoms with van der Waals surface area (Å²) in [7, 11) is 1.60. The molecule has 0 aliphatic carbocycles. The molecular weight excluding hydrogens is 346 g/mol. The summed E-state index contributed by atoms with van der Waals surface area (Å²) in [5.74, 6) is 0.217. The van der Waals surface area contributed by atoms with E-state index >= 15 is 0 Å². The lowest BCUT2D eigenvalue weighted by molar-refractivity contribution is -0.114. The van der Waals surface area contributed by atoms with Crippen LogP contribution in [0.4, 0.5) is 11.4 Å². The normalized spacial score (nSPS) is 10.3. The van der Waals surface area contributed by atoms with E-state index in [0.717, 1.165) is 11.4 Å². The third kappa shape index (κ3) is 4.12. The lowest BCUT2D eigenvalue weighted by atomic mass is 10.2. The number of aromatic nitrogens is 3. The predicted octanol–water partition coefficient (Wildman–Crippen LogP) is 2.80. The number of benzene rings is 2. The molecule has 8 heteroatoms. The van der Waals surface area contributed by atoms with Crippen molar-refractivity contribution in [3.63, 3.8) is 0 Å². The molecule has 0 aliphatic heterocycles. The van der Waals surface area contributed by atoms with Gasteiger partial charge in [0.2, 0.25) is 5.91 Å². The van der Waals surface area contributed by atoms with Crippen LogP contribution >= 0.6 is 0 Å². The summed E-state index contributed by atoms with van der Waals surface area (Å²) < 4.78 is 6.73. The second-order valence-electron chi connectivity index (χ2n) is 5.85. The molecule has 0 saturated carbocycles. The van der Waals surface area contributed by atoms with Gasteiger partial charge in [0.05, 0.1) is 18.5 Å². The van der Waals surface area contributed by atoms with E-state index in [2.05, 4.69) is 20.9 Å². The van der Waals surface area contributed by atoms with E-state index in [-0.39, 0.29) is 17.5 Å². The molecule has 1 aromatic heterocycles. The van der Waals surface area contributed by atoms with E-state index in [0.29, 0.717) is 17.1 Å². The van der Waals surface area contributed by atoms with Crippen LogP contribution in [-0.4, -0.2) is 33.9 Å². The first-order valence-corrected chi connectivity index (χ1v) is 8.23. The Bertz CT molecular complexity index is 962. The number of hydrogen-bond acceptors (Lipinski definition) is 5. The summed E-state index contributed by atoms with van der Waals surface area (Å²) >= 11 is 0. The first kappa shape index (κ1) is 18.1. The minimum absolute atomic E-state index is 0.155. The molecule has 0 fully saturated rings. The summed E-state index contributed by atoms with van der Waals surface area (Å²) in [6, 6.07) is 14.1. The first-order valence-electron chi connectivity index (χ1n) is 8.23. The van der Waals surface area contributed by atoms with Gasteiger partial charge in [0.25, 0.3) is 5.91 Å². The van der Waals surface area contributed by atoms with Crippen LogP contribution in [-0.2, 0) is 4.79 Å². The minimum Gasteiger partial charge on any atom is -0.497 e. The van der Waals surface area contributed by atoms with Crippen molar-refractivity contribution >= 4 is 23.2 Å². The maximum absolute atomic E-state index is 12.5. The molecule has 0 saturated heterocycles. The van der Waals surface area contributed by atoms with E-state index in [9.17, 15) is 9.59 Å². The quantitative estimate of drug-likeness (QED) is 0.724. The molecule has 0 aliphatic rings. The van der Waals surface area contributed by atoms with Crippen molar-refractivity contribution in [3.05, 3.63) is 59.9 Å². The molecule has 0 bridgehead atoms. The number of hydrogen-bond donors (Lipinski definition) is 2. The standard InChI is InChI=1S/C19H19N5O3/c1-12-18(22-23-24(12)16-8-10-17(27-3)11-9-16)19(26)21-15-6-4-14(5-7-15)20-13(2)25/h4-11H,1-3H3,(H,20,25)(H,21,26). The van der Waals surface area contributed by atoms with Crippen molar-refractivity contribution < 1.29 is 14.3 Å². The lowest BCUT2D eigenvalue weighted by Crippen LogP contribution is -2.14. The number of anilines is 2. The minimum atomic E-state index is -0.362. The van der Waals surface area contributed by atoms with Gasteiger partial charge >= 0.3 is 0 Å². The van der Waals surface area contributed by atoms with Crippen LogP contribution in [0.1, 0.15) is 23.1 Å². The number of carbonyl (C=O) groups excluding carboxylic acids is 2. The van der Waals surface area contributed by atoms with Crippen LogP contribution in [0.15, 0.2) is 48.5 Å². The number of rotatable bonds is 5. The largest absolute Gasteiger partial charge is 0.497 e. The number of amides is 2. The second kappa shape index (κ2) is 7.69. The maximum Gasteiger partial charge on any atom is 0.278 e. The monoisotopic (exact) mass is 365 g/mol. The summed E-state index contributed by atoms with van der Waals surface area (Å²) in [5, 5.41) is 13.5. The van der Waals surface area contributed by atoms with E-state index < -0.39 is 0 Å². The van der Waals surface area contributed by atoms with Crippen LogP contribution in [0.25, 0.3) is 5.69 Å². The van der Waals surface area contributed by atoms with Gasteiger partial charge in [-0.15, -0.1) is 5.10 Å². The number of ether oxygens (including phenoxy) is 1. The van der Waals surface area contributed by atoms with Gasteiger partial charge in [-0.25, -0.2) is 4.68 Å². The molecule has 0 spiro atoms. The van der Waals surface area contributed by atoms with Crippen LogP contribution in [0.3, 0.4) is 0 Å². The molecule has 3 rings (SSSR count). The Balaban J connectivity index is 1.75. The Kier molecular flexibility index (Phi) is 5.16. The number of methoxy groups -OCH3 is 1. The average molecular weight is 365 g/mol. The zero-order valence-electron chi connectivity index (χ0n) is 15.2. The molecule has 1 heterocycles. The highest BCUT2D eigenvalue weighted by atomic mass is 16.5. The summed E-state index contributed by atoms with van der Waals surface area (Å²) in [5.41, 5.74) is 2.87. The summed E-state index contributed by atoms with van der Waals surface area (Å²) in [6.07, 6.45) is 0. The molecule has 0 radical (unpaired) electrons. The lowest BCUT2D eigenvalue weighted by Gasteiger charge is -2.07. The second-order valence-corrected chi connectivity index (χ2v) is 5.85. The van der Waals surface area contributed by atoms with Gasteiger partial charge in [-0.2, -0.15) is 0 Å². The average Bonchev–Trinajstić information content (AvgIpc) is 3.04. The fourth-order valence-corrected chi connectivity index (χ4v) is 2.54. The molecule has 27 heavy (non-hydrogen) atoms. The van der Waals surface area contributed by atoms with Crippen molar-refractivity contribution in [1.82, 2.24) is 15.0 Å². The van der Waals surface area contributed by atoms with Gasteiger partial charge in [-0.05, 0) is 55.5 Å². The number of carbonyl (C=O) groups is 2. The molecule has 0 unspecified atom stereocenters. The first-order chi connectivity index (χ1) is 13.0. The fraction of sp³-hybridized carbons (Fsp3) is 0.158. The summed E-state index contributed by atoms with van der Waals surface area (Å²) in [4.78, 5) is 23.6. The van der Waals surface area contributed by atoms with Crippen molar-refractivity contribution in [2.75, 3.05) is 17.7 Å². The van der Waals surface area contributed by atoms with Gasteiger partial charge in [0.1, 0.15) is 5.75 Å². The SMILES string of the molecule is COc1ccc(-n2nnc(C(=O)Nc3ccc(NC(C)=O)cc3)c2C)cc1. The van der Waals surface area contributed by atoms with Gasteiger partial charge in [0.15, 0.2) is 5.69 Å². The summed E-state index contributed by atoms with van der Waals surface area (Å²) in [6.45, 7) is 3.21. The van der Waals surface area contributed by atoms with Crippen LogP contribution in [0, 0.1) is 6.92 Å². The Morgan fingerprint density at radius 3 is 2.11 bits per heavy atom. The van der Waals surface area contributed by atoms with Crippen molar-refractivity contribution in [1.29, 1.82) is 0 Å². The zero-order chi connectivity index (χ0) is 19.4. The predicted molar refractivity (Wildman–Crippen MR) is 101 cm³/mol. The highest BCUT2D eigenvalue weighted by molar-refractivity contribution is 6.03. The zero-order valence-corrected chi connectivity index (χ0v) is 15.2. The number of nitrogens with zero attached hydrogens (tertiary/aromatic N) is 3. The third-order valence-electron chi connectivity index (χ3n) is 3.89. The highest BCUT2D eigenvalue weighted by Gasteiger charge is 2.17. The highest BCUT2D eigenvalue weighted by Crippen LogP contribution is 2.18.